The normalized spacial score (nSPS) is 17.2. The van der Waals surface area contributed by atoms with Gasteiger partial charge in [0, 0.05) is 18.0 Å². The van der Waals surface area contributed by atoms with Gasteiger partial charge in [-0.2, -0.15) is 0 Å². The fourth-order valence-electron chi connectivity index (χ4n) is 2.44. The van der Waals surface area contributed by atoms with Crippen LogP contribution in [0.5, 0.6) is 11.5 Å². The van der Waals surface area contributed by atoms with E-state index < -0.39 is 0 Å². The quantitative estimate of drug-likeness (QED) is 0.947. The molecule has 2 heterocycles. The summed E-state index contributed by atoms with van der Waals surface area (Å²) in [6.07, 6.45) is -0.164. The van der Waals surface area contributed by atoms with Crippen LogP contribution in [0.2, 0.25) is 0 Å². The van der Waals surface area contributed by atoms with Crippen molar-refractivity contribution in [1.29, 1.82) is 0 Å². The molecule has 0 bridgehead atoms. The molecule has 1 N–H and O–H groups in total. The molecule has 1 aromatic carbocycles. The standard InChI is InChI=1S/C15H16N2O3S/c1-17-14(13-5-4-6-21-13)16-10-8-12(20-3)11(19-2)7-9(10)15(17)18/h4-8,14,16H,1-3H3/t14-/m0/s1. The molecular weight excluding hydrogens is 288 g/mol. The predicted octanol–water partition coefficient (Wildman–Crippen LogP) is 2.96. The second-order valence-electron chi connectivity index (χ2n) is 4.73. The number of thiophene rings is 1. The molecule has 110 valence electrons. The molecule has 0 spiro atoms. The lowest BCUT2D eigenvalue weighted by molar-refractivity contribution is 0.0737. The van der Waals surface area contributed by atoms with Gasteiger partial charge in [0.1, 0.15) is 6.17 Å². The van der Waals surface area contributed by atoms with Gasteiger partial charge in [0.25, 0.3) is 5.91 Å². The number of carbonyl (C=O) groups is 1. The van der Waals surface area contributed by atoms with E-state index in [1.54, 1.807) is 49.6 Å². The Bertz CT molecular complexity index is 670. The summed E-state index contributed by atoms with van der Waals surface area (Å²) in [5, 5.41) is 5.38. The highest BCUT2D eigenvalue weighted by molar-refractivity contribution is 7.10. The van der Waals surface area contributed by atoms with Crippen molar-refractivity contribution in [2.24, 2.45) is 0 Å². The van der Waals surface area contributed by atoms with E-state index in [0.29, 0.717) is 17.1 Å². The first-order chi connectivity index (χ1) is 10.2. The number of carbonyl (C=O) groups excluding carboxylic acids is 1. The molecule has 2 aromatic rings. The van der Waals surface area contributed by atoms with E-state index in [-0.39, 0.29) is 12.1 Å². The minimum absolute atomic E-state index is 0.0388. The molecule has 1 atom stereocenters. The molecule has 0 radical (unpaired) electrons. The molecule has 1 aromatic heterocycles. The number of anilines is 1. The number of amides is 1. The number of benzene rings is 1. The van der Waals surface area contributed by atoms with Gasteiger partial charge in [-0.05, 0) is 17.5 Å². The lowest BCUT2D eigenvalue weighted by Crippen LogP contribution is -2.39. The highest BCUT2D eigenvalue weighted by Gasteiger charge is 2.32. The summed E-state index contributed by atoms with van der Waals surface area (Å²) < 4.78 is 10.6. The number of nitrogens with one attached hydrogen (secondary N) is 1. The third-order valence-corrected chi connectivity index (χ3v) is 4.49. The SMILES string of the molecule is COc1cc2c(cc1OC)C(=O)N(C)[C@@H](c1cccs1)N2. The molecule has 0 saturated heterocycles. The van der Waals surface area contributed by atoms with E-state index in [4.69, 9.17) is 9.47 Å². The summed E-state index contributed by atoms with van der Waals surface area (Å²) in [4.78, 5) is 15.4. The van der Waals surface area contributed by atoms with Gasteiger partial charge in [-0.25, -0.2) is 0 Å². The smallest absolute Gasteiger partial charge is 0.257 e. The summed E-state index contributed by atoms with van der Waals surface area (Å²) in [6.45, 7) is 0. The van der Waals surface area contributed by atoms with Gasteiger partial charge in [-0.15, -0.1) is 11.3 Å². The summed E-state index contributed by atoms with van der Waals surface area (Å²) >= 11 is 1.62. The number of ether oxygens (including phenoxy) is 2. The molecule has 21 heavy (non-hydrogen) atoms. The highest BCUT2D eigenvalue weighted by atomic mass is 32.1. The van der Waals surface area contributed by atoms with Crippen molar-refractivity contribution in [2.45, 2.75) is 6.17 Å². The molecule has 1 aliphatic rings. The minimum atomic E-state index is -0.164. The number of hydrogen-bond acceptors (Lipinski definition) is 5. The van der Waals surface area contributed by atoms with Gasteiger partial charge >= 0.3 is 0 Å². The fraction of sp³-hybridized carbons (Fsp3) is 0.267. The molecule has 1 amide bonds. The molecule has 0 fully saturated rings. The van der Waals surface area contributed by atoms with Gasteiger partial charge < -0.3 is 19.7 Å². The lowest BCUT2D eigenvalue weighted by atomic mass is 10.1. The van der Waals surface area contributed by atoms with Gasteiger partial charge in [-0.3, -0.25) is 4.79 Å². The third kappa shape index (κ3) is 2.21. The molecule has 1 aliphatic heterocycles. The Morgan fingerprint density at radius 2 is 1.95 bits per heavy atom. The number of rotatable bonds is 3. The van der Waals surface area contributed by atoms with Crippen molar-refractivity contribution >= 4 is 22.9 Å². The number of hydrogen-bond donors (Lipinski definition) is 1. The van der Waals surface area contributed by atoms with Crippen molar-refractivity contribution in [3.63, 3.8) is 0 Å². The van der Waals surface area contributed by atoms with E-state index in [1.807, 2.05) is 17.5 Å². The van der Waals surface area contributed by atoms with Crippen molar-refractivity contribution in [3.8, 4) is 11.5 Å². The Hall–Kier alpha value is -2.21. The number of nitrogens with zero attached hydrogens (tertiary/aromatic N) is 1. The molecule has 0 unspecified atom stereocenters. The molecule has 0 aliphatic carbocycles. The van der Waals surface area contributed by atoms with Crippen molar-refractivity contribution in [3.05, 3.63) is 40.1 Å². The minimum Gasteiger partial charge on any atom is -0.493 e. The molecular formula is C15H16N2O3S. The maximum atomic E-state index is 12.6. The second kappa shape index (κ2) is 5.29. The zero-order valence-corrected chi connectivity index (χ0v) is 12.9. The Balaban J connectivity index is 2.07. The predicted molar refractivity (Wildman–Crippen MR) is 82.3 cm³/mol. The van der Waals surface area contributed by atoms with Gasteiger partial charge in [0.05, 0.1) is 25.5 Å². The van der Waals surface area contributed by atoms with Gasteiger partial charge in [-0.1, -0.05) is 6.07 Å². The zero-order chi connectivity index (χ0) is 15.0. The van der Waals surface area contributed by atoms with Crippen LogP contribution in [0.4, 0.5) is 5.69 Å². The van der Waals surface area contributed by atoms with E-state index in [2.05, 4.69) is 5.32 Å². The van der Waals surface area contributed by atoms with Crippen molar-refractivity contribution in [2.75, 3.05) is 26.6 Å². The Morgan fingerprint density at radius 3 is 2.57 bits per heavy atom. The van der Waals surface area contributed by atoms with Crippen LogP contribution in [0, 0.1) is 0 Å². The lowest BCUT2D eigenvalue weighted by Gasteiger charge is -2.35. The summed E-state index contributed by atoms with van der Waals surface area (Å²) in [7, 11) is 4.93. The topological polar surface area (TPSA) is 50.8 Å². The van der Waals surface area contributed by atoms with E-state index in [0.717, 1.165) is 10.6 Å². The molecule has 5 nitrogen and oxygen atoms in total. The van der Waals surface area contributed by atoms with Gasteiger partial charge in [0.15, 0.2) is 11.5 Å². The maximum Gasteiger partial charge on any atom is 0.257 e. The largest absolute Gasteiger partial charge is 0.493 e. The van der Waals surface area contributed by atoms with Crippen LogP contribution >= 0.6 is 11.3 Å². The zero-order valence-electron chi connectivity index (χ0n) is 12.0. The van der Waals surface area contributed by atoms with Crippen LogP contribution in [0.25, 0.3) is 0 Å². The second-order valence-corrected chi connectivity index (χ2v) is 5.71. The van der Waals surface area contributed by atoms with Crippen LogP contribution in [-0.4, -0.2) is 32.1 Å². The first kappa shape index (κ1) is 13.8. The van der Waals surface area contributed by atoms with E-state index >= 15 is 0 Å². The third-order valence-electron chi connectivity index (χ3n) is 3.57. The molecule has 0 saturated carbocycles. The van der Waals surface area contributed by atoms with E-state index in [9.17, 15) is 4.79 Å². The first-order valence-corrected chi connectivity index (χ1v) is 7.36. The average molecular weight is 304 g/mol. The number of fused-ring (bicyclic) bond motifs is 1. The van der Waals surface area contributed by atoms with Crippen LogP contribution in [0.15, 0.2) is 29.6 Å². The summed E-state index contributed by atoms with van der Waals surface area (Å²) in [6, 6.07) is 7.51. The van der Waals surface area contributed by atoms with Crippen LogP contribution in [-0.2, 0) is 0 Å². The Morgan fingerprint density at radius 1 is 1.24 bits per heavy atom. The van der Waals surface area contributed by atoms with Crippen LogP contribution in [0.1, 0.15) is 21.4 Å². The Labute approximate surface area is 127 Å². The van der Waals surface area contributed by atoms with Crippen molar-refractivity contribution in [1.82, 2.24) is 4.90 Å². The fourth-order valence-corrected chi connectivity index (χ4v) is 3.25. The maximum absolute atomic E-state index is 12.6. The van der Waals surface area contributed by atoms with E-state index in [1.165, 1.54) is 0 Å². The average Bonchev–Trinajstić information content (AvgIpc) is 3.03. The Kier molecular flexibility index (Phi) is 3.47. The van der Waals surface area contributed by atoms with Crippen LogP contribution in [0.3, 0.4) is 0 Å². The first-order valence-electron chi connectivity index (χ1n) is 6.49. The summed E-state index contributed by atoms with van der Waals surface area (Å²) in [5.74, 6) is 1.11. The monoisotopic (exact) mass is 304 g/mol. The summed E-state index contributed by atoms with van der Waals surface area (Å²) in [5.41, 5.74) is 1.34. The highest BCUT2D eigenvalue weighted by Crippen LogP contribution is 2.39. The molecule has 6 heteroatoms. The van der Waals surface area contributed by atoms with Crippen LogP contribution < -0.4 is 14.8 Å². The number of methoxy groups -OCH3 is 2. The van der Waals surface area contributed by atoms with Crippen molar-refractivity contribution < 1.29 is 14.3 Å². The van der Waals surface area contributed by atoms with Gasteiger partial charge in [0.2, 0.25) is 0 Å². The molecule has 3 rings (SSSR count).